The van der Waals surface area contributed by atoms with Crippen molar-refractivity contribution >= 4 is 35.1 Å². The van der Waals surface area contributed by atoms with E-state index in [0.717, 1.165) is 49.0 Å². The molecule has 2 N–H and O–H groups in total. The van der Waals surface area contributed by atoms with Gasteiger partial charge in [-0.15, -0.1) is 11.8 Å². The van der Waals surface area contributed by atoms with Crippen LogP contribution in [-0.2, 0) is 9.53 Å². The number of ether oxygens (including phenoxy) is 1. The predicted octanol–water partition coefficient (Wildman–Crippen LogP) is 0.961. The summed E-state index contributed by atoms with van der Waals surface area (Å²) in [5.41, 5.74) is 1.54. The number of hydrogen-bond donors (Lipinski definition) is 2. The van der Waals surface area contributed by atoms with Crippen LogP contribution >= 0.6 is 11.8 Å². The van der Waals surface area contributed by atoms with Crippen molar-refractivity contribution in [1.82, 2.24) is 10.2 Å². The van der Waals surface area contributed by atoms with Crippen LogP contribution in [0, 0.1) is 0 Å². The molecule has 3 aliphatic heterocycles. The van der Waals surface area contributed by atoms with Gasteiger partial charge in [0.25, 0.3) is 0 Å². The zero-order valence-corrected chi connectivity index (χ0v) is 14.1. The summed E-state index contributed by atoms with van der Waals surface area (Å²) in [6, 6.07) is 5.72. The molecule has 0 radical (unpaired) electrons. The summed E-state index contributed by atoms with van der Waals surface area (Å²) in [5, 5.41) is 6.18. The zero-order valence-electron chi connectivity index (χ0n) is 13.3. The molecular weight excluding hydrogens is 328 g/mol. The Morgan fingerprint density at radius 3 is 2.92 bits per heavy atom. The fraction of sp³-hybridized carbons (Fsp3) is 0.500. The molecule has 2 fully saturated rings. The normalized spacial score (nSPS) is 24.5. The van der Waals surface area contributed by atoms with Crippen molar-refractivity contribution in [3.63, 3.8) is 0 Å². The Morgan fingerprint density at radius 1 is 1.25 bits per heavy atom. The number of nitrogens with one attached hydrogen (secondary N) is 2. The van der Waals surface area contributed by atoms with Crippen molar-refractivity contribution in [2.75, 3.05) is 55.2 Å². The van der Waals surface area contributed by atoms with Gasteiger partial charge in [-0.2, -0.15) is 0 Å². The summed E-state index contributed by atoms with van der Waals surface area (Å²) in [6.45, 7) is 5.23. The Kier molecular flexibility index (Phi) is 4.34. The molecule has 0 aliphatic carbocycles. The van der Waals surface area contributed by atoms with E-state index < -0.39 is 0 Å². The van der Waals surface area contributed by atoms with E-state index in [2.05, 4.69) is 15.5 Å². The molecule has 24 heavy (non-hydrogen) atoms. The minimum atomic E-state index is -0.315. The van der Waals surface area contributed by atoms with Crippen LogP contribution in [0.3, 0.4) is 0 Å². The van der Waals surface area contributed by atoms with E-state index >= 15 is 0 Å². The number of amides is 2. The summed E-state index contributed by atoms with van der Waals surface area (Å²) < 4.78 is 5.53. The summed E-state index contributed by atoms with van der Waals surface area (Å²) in [5.74, 6) is 0.426. The number of cyclic esters (lactones) is 1. The first-order chi connectivity index (χ1) is 11.7. The summed E-state index contributed by atoms with van der Waals surface area (Å²) >= 11 is 1.51. The molecular formula is C16H20N4O3S. The highest BCUT2D eigenvalue weighted by Crippen LogP contribution is 2.35. The maximum atomic E-state index is 12.2. The van der Waals surface area contributed by atoms with Gasteiger partial charge in [-0.3, -0.25) is 14.6 Å². The third-order valence-corrected chi connectivity index (χ3v) is 5.53. The molecule has 3 heterocycles. The maximum absolute atomic E-state index is 12.2. The summed E-state index contributed by atoms with van der Waals surface area (Å²) in [4.78, 5) is 28.8. The van der Waals surface area contributed by atoms with Crippen LogP contribution in [0.1, 0.15) is 0 Å². The van der Waals surface area contributed by atoms with Crippen LogP contribution < -0.4 is 15.5 Å². The third-order valence-electron chi connectivity index (χ3n) is 4.45. The first-order valence-corrected chi connectivity index (χ1v) is 9.15. The number of benzene rings is 1. The number of piperazine rings is 1. The standard InChI is InChI=1S/C16H20N4O3S/c21-15-10-24-14-2-1-11(7-13(14)18-15)20-9-12(23-16(20)22)8-19-5-3-17-4-6-19/h1-2,7,12,17H,3-6,8-10H2,(H,18,21)/t12-/m1/s1. The quantitative estimate of drug-likeness (QED) is 0.848. The van der Waals surface area contributed by atoms with Gasteiger partial charge in [-0.05, 0) is 18.2 Å². The minimum absolute atomic E-state index is 0.00904. The second-order valence-electron chi connectivity index (χ2n) is 6.18. The van der Waals surface area contributed by atoms with Crippen molar-refractivity contribution in [3.8, 4) is 0 Å². The third kappa shape index (κ3) is 3.22. The molecule has 4 rings (SSSR count). The van der Waals surface area contributed by atoms with E-state index in [-0.39, 0.29) is 18.1 Å². The highest BCUT2D eigenvalue weighted by molar-refractivity contribution is 8.00. The largest absolute Gasteiger partial charge is 0.443 e. The molecule has 0 unspecified atom stereocenters. The zero-order chi connectivity index (χ0) is 16.5. The number of carbonyl (C=O) groups is 2. The van der Waals surface area contributed by atoms with E-state index in [0.29, 0.717) is 12.3 Å². The van der Waals surface area contributed by atoms with E-state index in [9.17, 15) is 9.59 Å². The molecule has 1 aromatic carbocycles. The number of nitrogens with zero attached hydrogens (tertiary/aromatic N) is 2. The van der Waals surface area contributed by atoms with Crippen molar-refractivity contribution < 1.29 is 14.3 Å². The monoisotopic (exact) mass is 348 g/mol. The van der Waals surface area contributed by atoms with E-state index in [1.54, 1.807) is 4.90 Å². The van der Waals surface area contributed by atoms with Gasteiger partial charge in [0.15, 0.2) is 0 Å². The number of rotatable bonds is 3. The Bertz CT molecular complexity index is 663. The van der Waals surface area contributed by atoms with Gasteiger partial charge >= 0.3 is 6.09 Å². The SMILES string of the molecule is O=C1CSc2ccc(N3C[C@@H](CN4CCNCC4)OC3=O)cc2N1. The van der Waals surface area contributed by atoms with E-state index in [4.69, 9.17) is 4.74 Å². The molecule has 2 saturated heterocycles. The maximum Gasteiger partial charge on any atom is 0.414 e. The van der Waals surface area contributed by atoms with Gasteiger partial charge in [0.1, 0.15) is 6.10 Å². The Labute approximate surface area is 144 Å². The van der Waals surface area contributed by atoms with Crippen LogP contribution in [-0.4, -0.2) is 68.0 Å². The molecule has 0 bridgehead atoms. The van der Waals surface area contributed by atoms with E-state index in [1.807, 2.05) is 18.2 Å². The summed E-state index contributed by atoms with van der Waals surface area (Å²) in [7, 11) is 0. The lowest BCUT2D eigenvalue weighted by Crippen LogP contribution is -2.46. The molecule has 8 heteroatoms. The predicted molar refractivity (Wildman–Crippen MR) is 92.7 cm³/mol. The van der Waals surface area contributed by atoms with Crippen molar-refractivity contribution in [1.29, 1.82) is 0 Å². The van der Waals surface area contributed by atoms with Crippen LogP contribution in [0.5, 0.6) is 0 Å². The minimum Gasteiger partial charge on any atom is -0.443 e. The highest BCUT2D eigenvalue weighted by atomic mass is 32.2. The number of carbonyl (C=O) groups excluding carboxylic acids is 2. The van der Waals surface area contributed by atoms with Crippen molar-refractivity contribution in [2.24, 2.45) is 0 Å². The van der Waals surface area contributed by atoms with Crippen LogP contribution in [0.15, 0.2) is 23.1 Å². The Hall–Kier alpha value is -1.77. The van der Waals surface area contributed by atoms with Gasteiger partial charge in [0.2, 0.25) is 5.91 Å². The molecule has 0 saturated carbocycles. The molecule has 2 amide bonds. The molecule has 7 nitrogen and oxygen atoms in total. The van der Waals surface area contributed by atoms with E-state index in [1.165, 1.54) is 11.8 Å². The number of fused-ring (bicyclic) bond motifs is 1. The van der Waals surface area contributed by atoms with Crippen LogP contribution in [0.4, 0.5) is 16.2 Å². The van der Waals surface area contributed by atoms with Crippen molar-refractivity contribution in [2.45, 2.75) is 11.0 Å². The average Bonchev–Trinajstić information content (AvgIpc) is 2.95. The fourth-order valence-corrected chi connectivity index (χ4v) is 4.04. The molecule has 1 aromatic rings. The second kappa shape index (κ2) is 6.62. The van der Waals surface area contributed by atoms with Gasteiger partial charge < -0.3 is 15.4 Å². The lowest BCUT2D eigenvalue weighted by molar-refractivity contribution is -0.113. The molecule has 1 atom stereocenters. The number of thioether (sulfide) groups is 1. The lowest BCUT2D eigenvalue weighted by atomic mass is 10.2. The first kappa shape index (κ1) is 15.7. The van der Waals surface area contributed by atoms with Crippen molar-refractivity contribution in [3.05, 3.63) is 18.2 Å². The molecule has 3 aliphatic rings. The Balaban J connectivity index is 1.45. The molecule has 0 aromatic heterocycles. The van der Waals surface area contributed by atoms with Crippen LogP contribution in [0.25, 0.3) is 0 Å². The molecule has 128 valence electrons. The van der Waals surface area contributed by atoms with Gasteiger partial charge in [0.05, 0.1) is 18.0 Å². The highest BCUT2D eigenvalue weighted by Gasteiger charge is 2.34. The average molecular weight is 348 g/mol. The number of anilines is 2. The second-order valence-corrected chi connectivity index (χ2v) is 7.20. The fourth-order valence-electron chi connectivity index (χ4n) is 3.25. The van der Waals surface area contributed by atoms with Gasteiger partial charge in [-0.25, -0.2) is 4.79 Å². The summed E-state index contributed by atoms with van der Waals surface area (Å²) in [6.07, 6.45) is -0.430. The van der Waals surface area contributed by atoms with Gasteiger partial charge in [-0.1, -0.05) is 0 Å². The lowest BCUT2D eigenvalue weighted by Gasteiger charge is -2.28. The van der Waals surface area contributed by atoms with Gasteiger partial charge in [0, 0.05) is 43.3 Å². The first-order valence-electron chi connectivity index (χ1n) is 8.17. The Morgan fingerprint density at radius 2 is 2.08 bits per heavy atom. The number of hydrogen-bond acceptors (Lipinski definition) is 6. The van der Waals surface area contributed by atoms with Crippen LogP contribution in [0.2, 0.25) is 0 Å². The molecule has 0 spiro atoms. The smallest absolute Gasteiger partial charge is 0.414 e. The topological polar surface area (TPSA) is 73.9 Å².